The average molecular weight is 170 g/mol. The Balaban J connectivity index is 1.87. The summed E-state index contributed by atoms with van der Waals surface area (Å²) in [6.45, 7) is 1.79. The van der Waals surface area contributed by atoms with Gasteiger partial charge in [-0.3, -0.25) is 4.79 Å². The van der Waals surface area contributed by atoms with Crippen molar-refractivity contribution in [1.82, 2.24) is 10.6 Å². The van der Waals surface area contributed by atoms with E-state index in [-0.39, 0.29) is 5.91 Å². The topological polar surface area (TPSA) is 41.1 Å². The van der Waals surface area contributed by atoms with Gasteiger partial charge in [0.25, 0.3) is 0 Å². The normalized spacial score (nSPS) is 16.1. The summed E-state index contributed by atoms with van der Waals surface area (Å²) in [7, 11) is 1.92. The van der Waals surface area contributed by atoms with Crippen LogP contribution in [0, 0.1) is 5.92 Å². The SMILES string of the molecule is CNCCCNC(=O)CC1CC1. The molecule has 0 radical (unpaired) electrons. The number of hydrogen-bond acceptors (Lipinski definition) is 2. The van der Waals surface area contributed by atoms with E-state index in [0.717, 1.165) is 25.9 Å². The first-order valence-corrected chi connectivity index (χ1v) is 4.74. The van der Waals surface area contributed by atoms with Gasteiger partial charge in [-0.05, 0) is 38.8 Å². The Morgan fingerprint density at radius 3 is 2.75 bits per heavy atom. The van der Waals surface area contributed by atoms with Crippen molar-refractivity contribution in [3.8, 4) is 0 Å². The molecule has 0 saturated heterocycles. The van der Waals surface area contributed by atoms with Gasteiger partial charge in [0.1, 0.15) is 0 Å². The molecular formula is C9H18N2O. The molecule has 0 aromatic carbocycles. The first kappa shape index (κ1) is 9.52. The quantitative estimate of drug-likeness (QED) is 0.570. The molecule has 1 amide bonds. The summed E-state index contributed by atoms with van der Waals surface area (Å²) in [6.07, 6.45) is 4.28. The maximum Gasteiger partial charge on any atom is 0.220 e. The fourth-order valence-electron chi connectivity index (χ4n) is 1.15. The van der Waals surface area contributed by atoms with E-state index in [1.807, 2.05) is 7.05 Å². The van der Waals surface area contributed by atoms with E-state index in [1.54, 1.807) is 0 Å². The lowest BCUT2D eigenvalue weighted by molar-refractivity contribution is -0.121. The van der Waals surface area contributed by atoms with E-state index in [9.17, 15) is 4.79 Å². The molecule has 1 fully saturated rings. The van der Waals surface area contributed by atoms with Crippen LogP contribution in [0.25, 0.3) is 0 Å². The van der Waals surface area contributed by atoms with Gasteiger partial charge >= 0.3 is 0 Å². The van der Waals surface area contributed by atoms with Gasteiger partial charge < -0.3 is 10.6 Å². The minimum absolute atomic E-state index is 0.230. The predicted octanol–water partition coefficient (Wildman–Crippen LogP) is 0.512. The fourth-order valence-corrected chi connectivity index (χ4v) is 1.15. The lowest BCUT2D eigenvalue weighted by Crippen LogP contribution is -2.26. The molecule has 0 bridgehead atoms. The smallest absolute Gasteiger partial charge is 0.220 e. The van der Waals surface area contributed by atoms with Crippen LogP contribution in [0.1, 0.15) is 25.7 Å². The maximum atomic E-state index is 11.1. The summed E-state index contributed by atoms with van der Waals surface area (Å²) in [4.78, 5) is 11.1. The van der Waals surface area contributed by atoms with Crippen molar-refractivity contribution in [3.63, 3.8) is 0 Å². The Labute approximate surface area is 73.9 Å². The van der Waals surface area contributed by atoms with Crippen LogP contribution in [0.3, 0.4) is 0 Å². The molecule has 0 aliphatic heterocycles. The number of amides is 1. The zero-order valence-electron chi connectivity index (χ0n) is 7.73. The lowest BCUT2D eigenvalue weighted by Gasteiger charge is -2.03. The van der Waals surface area contributed by atoms with E-state index >= 15 is 0 Å². The fraction of sp³-hybridized carbons (Fsp3) is 0.889. The Morgan fingerprint density at radius 1 is 1.42 bits per heavy atom. The molecule has 1 saturated carbocycles. The van der Waals surface area contributed by atoms with Crippen LogP contribution in [0.5, 0.6) is 0 Å². The van der Waals surface area contributed by atoms with Crippen molar-refractivity contribution < 1.29 is 4.79 Å². The van der Waals surface area contributed by atoms with Crippen molar-refractivity contribution in [2.24, 2.45) is 5.92 Å². The van der Waals surface area contributed by atoms with Crippen LogP contribution >= 0.6 is 0 Å². The maximum absolute atomic E-state index is 11.1. The van der Waals surface area contributed by atoms with Crippen LogP contribution in [0.2, 0.25) is 0 Å². The first-order valence-electron chi connectivity index (χ1n) is 4.74. The summed E-state index contributed by atoms with van der Waals surface area (Å²) in [5.74, 6) is 0.933. The Bertz CT molecular complexity index is 143. The van der Waals surface area contributed by atoms with E-state index in [1.165, 1.54) is 12.8 Å². The van der Waals surface area contributed by atoms with Crippen LogP contribution in [0.15, 0.2) is 0 Å². The summed E-state index contributed by atoms with van der Waals surface area (Å²) in [6, 6.07) is 0. The molecule has 0 aromatic heterocycles. The second-order valence-electron chi connectivity index (χ2n) is 3.45. The third-order valence-electron chi connectivity index (χ3n) is 2.10. The lowest BCUT2D eigenvalue weighted by atomic mass is 10.3. The van der Waals surface area contributed by atoms with Gasteiger partial charge in [-0.15, -0.1) is 0 Å². The van der Waals surface area contributed by atoms with Crippen molar-refractivity contribution >= 4 is 5.91 Å². The number of rotatable bonds is 6. The van der Waals surface area contributed by atoms with E-state index in [4.69, 9.17) is 0 Å². The van der Waals surface area contributed by atoms with Crippen molar-refractivity contribution in [2.75, 3.05) is 20.1 Å². The molecule has 70 valence electrons. The molecule has 3 heteroatoms. The molecular weight excluding hydrogens is 152 g/mol. The Morgan fingerprint density at radius 2 is 2.17 bits per heavy atom. The summed E-state index contributed by atoms with van der Waals surface area (Å²) < 4.78 is 0. The molecule has 0 spiro atoms. The molecule has 0 aromatic rings. The van der Waals surface area contributed by atoms with Crippen LogP contribution in [-0.4, -0.2) is 26.0 Å². The van der Waals surface area contributed by atoms with Gasteiger partial charge in [0.15, 0.2) is 0 Å². The molecule has 1 aliphatic carbocycles. The number of nitrogens with one attached hydrogen (secondary N) is 2. The van der Waals surface area contributed by atoms with Gasteiger partial charge in [-0.1, -0.05) is 0 Å². The molecule has 0 atom stereocenters. The van der Waals surface area contributed by atoms with Gasteiger partial charge in [0, 0.05) is 13.0 Å². The molecule has 3 nitrogen and oxygen atoms in total. The second-order valence-corrected chi connectivity index (χ2v) is 3.45. The van der Waals surface area contributed by atoms with E-state index in [0.29, 0.717) is 5.92 Å². The summed E-state index contributed by atoms with van der Waals surface area (Å²) in [5, 5.41) is 5.95. The Hall–Kier alpha value is -0.570. The standard InChI is InChI=1S/C9H18N2O/c1-10-5-2-6-11-9(12)7-8-3-4-8/h8,10H,2-7H2,1H3,(H,11,12). The zero-order valence-corrected chi connectivity index (χ0v) is 7.73. The number of carbonyl (C=O) groups is 1. The minimum atomic E-state index is 0.230. The van der Waals surface area contributed by atoms with Gasteiger partial charge in [-0.25, -0.2) is 0 Å². The van der Waals surface area contributed by atoms with Gasteiger partial charge in [0.05, 0.1) is 0 Å². The monoisotopic (exact) mass is 170 g/mol. The minimum Gasteiger partial charge on any atom is -0.356 e. The first-order chi connectivity index (χ1) is 5.83. The summed E-state index contributed by atoms with van der Waals surface area (Å²) >= 11 is 0. The zero-order chi connectivity index (χ0) is 8.81. The number of carbonyl (C=O) groups excluding carboxylic acids is 1. The highest BCUT2D eigenvalue weighted by Crippen LogP contribution is 2.31. The van der Waals surface area contributed by atoms with Gasteiger partial charge in [-0.2, -0.15) is 0 Å². The van der Waals surface area contributed by atoms with Crippen LogP contribution < -0.4 is 10.6 Å². The average Bonchev–Trinajstić information content (AvgIpc) is 2.82. The summed E-state index contributed by atoms with van der Waals surface area (Å²) in [5.41, 5.74) is 0. The van der Waals surface area contributed by atoms with Crippen LogP contribution in [0.4, 0.5) is 0 Å². The Kier molecular flexibility index (Phi) is 4.08. The highest BCUT2D eigenvalue weighted by molar-refractivity contribution is 5.76. The molecule has 1 aliphatic rings. The largest absolute Gasteiger partial charge is 0.356 e. The molecule has 1 rings (SSSR count). The second kappa shape index (κ2) is 5.14. The molecule has 0 unspecified atom stereocenters. The van der Waals surface area contributed by atoms with Crippen LogP contribution in [-0.2, 0) is 4.79 Å². The molecule has 0 heterocycles. The van der Waals surface area contributed by atoms with Crippen molar-refractivity contribution in [1.29, 1.82) is 0 Å². The van der Waals surface area contributed by atoms with Crippen molar-refractivity contribution in [2.45, 2.75) is 25.7 Å². The third kappa shape index (κ3) is 4.34. The van der Waals surface area contributed by atoms with E-state index in [2.05, 4.69) is 10.6 Å². The highest BCUT2D eigenvalue weighted by atomic mass is 16.1. The predicted molar refractivity (Wildman–Crippen MR) is 48.9 cm³/mol. The molecule has 12 heavy (non-hydrogen) atoms. The van der Waals surface area contributed by atoms with E-state index < -0.39 is 0 Å². The third-order valence-corrected chi connectivity index (χ3v) is 2.10. The van der Waals surface area contributed by atoms with Gasteiger partial charge in [0.2, 0.25) is 5.91 Å². The van der Waals surface area contributed by atoms with Crippen molar-refractivity contribution in [3.05, 3.63) is 0 Å². The number of hydrogen-bond donors (Lipinski definition) is 2. The molecule has 2 N–H and O–H groups in total. The highest BCUT2D eigenvalue weighted by Gasteiger charge is 2.23.